The molecule has 0 heterocycles. The maximum atomic E-state index is 2.41. The molecule has 0 N–H and O–H groups in total. The van der Waals surface area contributed by atoms with Crippen molar-refractivity contribution < 1.29 is 0 Å². The zero-order valence-electron chi connectivity index (χ0n) is 37.2. The summed E-state index contributed by atoms with van der Waals surface area (Å²) < 4.78 is 0. The third kappa shape index (κ3) is 9.68. The Labute approximate surface area is 344 Å². The summed E-state index contributed by atoms with van der Waals surface area (Å²) in [6.45, 7) is 24.4. The normalized spacial score (nSPS) is 11.2. The van der Waals surface area contributed by atoms with E-state index in [1.54, 1.807) is 0 Å². The fourth-order valence-electron chi connectivity index (χ4n) is 7.79. The molecule has 0 atom stereocenters. The van der Waals surface area contributed by atoms with Crippen molar-refractivity contribution in [2.24, 2.45) is 0 Å². The molecule has 0 saturated heterocycles. The van der Waals surface area contributed by atoms with E-state index in [1.165, 1.54) is 117 Å². The lowest BCUT2D eigenvalue weighted by atomic mass is 9.90. The number of benzene rings is 9. The zero-order valence-corrected chi connectivity index (χ0v) is 37.2. The second-order valence-corrected chi connectivity index (χ2v) is 13.5. The smallest absolute Gasteiger partial charge is 0.00988 e. The van der Waals surface area contributed by atoms with Gasteiger partial charge in [0.25, 0.3) is 0 Å². The molecule has 0 aliphatic heterocycles. The number of fused-ring (bicyclic) bond motifs is 10. The Morgan fingerprint density at radius 2 is 0.684 bits per heavy atom. The maximum Gasteiger partial charge on any atom is -0.00988 e. The molecule has 0 spiro atoms. The van der Waals surface area contributed by atoms with Gasteiger partial charge in [0.15, 0.2) is 0 Å². The van der Waals surface area contributed by atoms with E-state index in [1.807, 2.05) is 69.2 Å². The first kappa shape index (κ1) is 44.5. The van der Waals surface area contributed by atoms with Gasteiger partial charge < -0.3 is 0 Å². The average molecular weight is 753 g/mol. The number of aryl methyl sites for hydroxylation is 1. The summed E-state index contributed by atoms with van der Waals surface area (Å²) >= 11 is 0. The quantitative estimate of drug-likeness (QED) is 0.122. The molecule has 1 aliphatic rings. The van der Waals surface area contributed by atoms with Crippen LogP contribution >= 0.6 is 0 Å². The molecule has 0 saturated carbocycles. The van der Waals surface area contributed by atoms with Crippen molar-refractivity contribution in [3.05, 3.63) is 139 Å². The van der Waals surface area contributed by atoms with Crippen LogP contribution in [-0.2, 0) is 6.42 Å². The molecule has 0 aromatic heterocycles. The summed E-state index contributed by atoms with van der Waals surface area (Å²) in [5.41, 5.74) is 2.84. The highest BCUT2D eigenvalue weighted by Gasteiger charge is 2.11. The lowest BCUT2D eigenvalue weighted by Gasteiger charge is -2.14. The second-order valence-electron chi connectivity index (χ2n) is 13.5. The zero-order chi connectivity index (χ0) is 41.5. The summed E-state index contributed by atoms with van der Waals surface area (Å²) in [6, 6.07) is 46.4. The molecule has 296 valence electrons. The molecule has 1 aliphatic carbocycles. The van der Waals surface area contributed by atoms with Gasteiger partial charge in [0.2, 0.25) is 0 Å². The molecule has 0 radical (unpaired) electrons. The standard InChI is InChI=1S/C42H26.C5H12.5C2H6/c1-2-7-27-13-32-16-35-19-38-21-39-22-40-24-42-30(10-9-29-11-25-5-3-4-8-28(25)23-41(29)42)14-33(40)17-36(39)20-37(38)18-34(35)15-31(32)12-26(27)6-1;1-3-5-4-2;5*1-2/h1-2,4,6-24H,3,5H2;3-5H2,1-2H3;5*1-2H3. The van der Waals surface area contributed by atoms with Crippen molar-refractivity contribution in [3.8, 4) is 0 Å². The molecule has 0 fully saturated rings. The summed E-state index contributed by atoms with van der Waals surface area (Å²) in [5.74, 6) is 0. The molecule has 0 heteroatoms. The van der Waals surface area contributed by atoms with Crippen LogP contribution in [0, 0.1) is 0 Å². The summed E-state index contributed by atoms with van der Waals surface area (Å²) in [5, 5.41) is 20.9. The van der Waals surface area contributed by atoms with Crippen LogP contribution in [0.15, 0.2) is 127 Å². The number of allylic oxidation sites excluding steroid dienone is 1. The molecule has 0 amide bonds. The Kier molecular flexibility index (Phi) is 17.1. The molecular formula is C57H68. The van der Waals surface area contributed by atoms with Gasteiger partial charge in [-0.3, -0.25) is 0 Å². The lowest BCUT2D eigenvalue weighted by Crippen LogP contribution is -1.94. The van der Waals surface area contributed by atoms with Crippen LogP contribution in [0.2, 0.25) is 0 Å². The number of hydrogen-bond acceptors (Lipinski definition) is 0. The average Bonchev–Trinajstić information content (AvgIpc) is 3.28. The van der Waals surface area contributed by atoms with Gasteiger partial charge in [-0.1, -0.05) is 157 Å². The highest BCUT2D eigenvalue weighted by Crippen LogP contribution is 2.36. The van der Waals surface area contributed by atoms with Gasteiger partial charge in [-0.25, -0.2) is 0 Å². The van der Waals surface area contributed by atoms with Gasteiger partial charge in [-0.2, -0.15) is 0 Å². The number of unbranched alkanes of at least 4 members (excludes halogenated alkanes) is 2. The van der Waals surface area contributed by atoms with Gasteiger partial charge in [-0.15, -0.1) is 0 Å². The molecule has 0 nitrogen and oxygen atoms in total. The first-order valence-electron chi connectivity index (χ1n) is 22.4. The van der Waals surface area contributed by atoms with Gasteiger partial charge in [0.05, 0.1) is 0 Å². The van der Waals surface area contributed by atoms with Crippen LogP contribution in [0.1, 0.15) is 120 Å². The fraction of sp³-hybridized carbons (Fsp3) is 0.298. The molecule has 0 unspecified atom stereocenters. The minimum Gasteiger partial charge on any atom is -0.0836 e. The van der Waals surface area contributed by atoms with E-state index in [-0.39, 0.29) is 0 Å². The summed E-state index contributed by atoms with van der Waals surface area (Å²) in [4.78, 5) is 0. The topological polar surface area (TPSA) is 0 Å². The minimum atomic E-state index is 1.14. The van der Waals surface area contributed by atoms with E-state index < -0.39 is 0 Å². The van der Waals surface area contributed by atoms with E-state index in [2.05, 4.69) is 147 Å². The molecule has 57 heavy (non-hydrogen) atoms. The molecule has 9 aromatic carbocycles. The highest BCUT2D eigenvalue weighted by molar-refractivity contribution is 6.16. The summed E-state index contributed by atoms with van der Waals surface area (Å²) in [6.07, 6.45) is 11.0. The summed E-state index contributed by atoms with van der Waals surface area (Å²) in [7, 11) is 0. The largest absolute Gasteiger partial charge is 0.0836 e. The monoisotopic (exact) mass is 753 g/mol. The van der Waals surface area contributed by atoms with Crippen molar-refractivity contribution in [3.63, 3.8) is 0 Å². The van der Waals surface area contributed by atoms with Crippen LogP contribution in [0.25, 0.3) is 92.3 Å². The van der Waals surface area contributed by atoms with Crippen LogP contribution in [0.4, 0.5) is 0 Å². The first-order valence-corrected chi connectivity index (χ1v) is 22.4. The molecule has 0 bridgehead atoms. The molecule has 9 aromatic rings. The van der Waals surface area contributed by atoms with Crippen LogP contribution in [0.3, 0.4) is 0 Å². The van der Waals surface area contributed by atoms with Crippen molar-refractivity contribution in [2.45, 2.75) is 115 Å². The SMILES string of the molecule is C1=Cc2cc3c(ccc4cc5cc6cc7cc8cc9cc%10ccccc%10cc9cc8cc7cc6cc5cc43)cc2CC1.CC.CC.CC.CC.CC.CCCCC. The Balaban J connectivity index is 0.000000428. The van der Waals surface area contributed by atoms with Gasteiger partial charge in [0.1, 0.15) is 0 Å². The predicted octanol–water partition coefficient (Wildman–Crippen LogP) is 19.2. The van der Waals surface area contributed by atoms with E-state index in [4.69, 9.17) is 0 Å². The number of rotatable bonds is 2. The predicted molar refractivity (Wildman–Crippen MR) is 266 cm³/mol. The van der Waals surface area contributed by atoms with Crippen molar-refractivity contribution in [1.82, 2.24) is 0 Å². The number of hydrogen-bond donors (Lipinski definition) is 0. The Morgan fingerprint density at radius 1 is 0.351 bits per heavy atom. The van der Waals surface area contributed by atoms with Gasteiger partial charge in [0, 0.05) is 0 Å². The van der Waals surface area contributed by atoms with Gasteiger partial charge >= 0.3 is 0 Å². The van der Waals surface area contributed by atoms with Crippen molar-refractivity contribution >= 4 is 92.3 Å². The maximum absolute atomic E-state index is 2.41. The third-order valence-electron chi connectivity index (χ3n) is 10.3. The van der Waals surface area contributed by atoms with Crippen LogP contribution in [-0.4, -0.2) is 0 Å². The lowest BCUT2D eigenvalue weighted by molar-refractivity contribution is 0.772. The molecular weight excluding hydrogens is 685 g/mol. The fourth-order valence-corrected chi connectivity index (χ4v) is 7.79. The van der Waals surface area contributed by atoms with Gasteiger partial charge in [-0.05, 0) is 189 Å². The Hall–Kier alpha value is -5.20. The highest BCUT2D eigenvalue weighted by atomic mass is 14.1. The second kappa shape index (κ2) is 21.9. The van der Waals surface area contributed by atoms with Crippen molar-refractivity contribution in [1.29, 1.82) is 0 Å². The Morgan fingerprint density at radius 3 is 1.07 bits per heavy atom. The van der Waals surface area contributed by atoms with E-state index in [0.29, 0.717) is 0 Å². The molecule has 10 rings (SSSR count). The Bertz CT molecular complexity index is 2720. The van der Waals surface area contributed by atoms with Crippen LogP contribution < -0.4 is 0 Å². The first-order chi connectivity index (χ1) is 28.1. The minimum absolute atomic E-state index is 1.14. The van der Waals surface area contributed by atoms with E-state index >= 15 is 0 Å². The third-order valence-corrected chi connectivity index (χ3v) is 10.3. The van der Waals surface area contributed by atoms with E-state index in [0.717, 1.165) is 12.8 Å². The van der Waals surface area contributed by atoms with Crippen molar-refractivity contribution in [2.75, 3.05) is 0 Å². The van der Waals surface area contributed by atoms with E-state index in [9.17, 15) is 0 Å². The van der Waals surface area contributed by atoms with Crippen LogP contribution in [0.5, 0.6) is 0 Å².